The third-order valence-electron chi connectivity index (χ3n) is 4.53. The van der Waals surface area contributed by atoms with Crippen molar-refractivity contribution in [1.82, 2.24) is 21.7 Å². The highest BCUT2D eigenvalue weighted by Crippen LogP contribution is 2.20. The molecule has 0 spiro atoms. The lowest BCUT2D eigenvalue weighted by Crippen LogP contribution is -2.44. The molecule has 6 amide bonds. The molecule has 33 heavy (non-hydrogen) atoms. The predicted molar refractivity (Wildman–Crippen MR) is 117 cm³/mol. The van der Waals surface area contributed by atoms with Crippen LogP contribution in [0.2, 0.25) is 0 Å². The van der Waals surface area contributed by atoms with Gasteiger partial charge in [-0.15, -0.1) is 0 Å². The Balaban J connectivity index is 1.52. The fourth-order valence-corrected chi connectivity index (χ4v) is 2.75. The quantitative estimate of drug-likeness (QED) is 0.332. The van der Waals surface area contributed by atoms with Crippen LogP contribution in [0.4, 0.5) is 21.0 Å². The normalized spacial score (nSPS) is 10.2. The van der Waals surface area contributed by atoms with Crippen LogP contribution in [-0.4, -0.2) is 23.9 Å². The number of aryl methyl sites for hydroxylation is 3. The zero-order valence-electron chi connectivity index (χ0n) is 18.0. The SMILES string of the molecule is Cc1ccc(NC(=O)NNC(=O)c2ccoc2C)cc1NC(=O)NNC(=O)c1ccoc1C. The highest BCUT2D eigenvalue weighted by Gasteiger charge is 2.14. The second-order valence-electron chi connectivity index (χ2n) is 6.88. The highest BCUT2D eigenvalue weighted by molar-refractivity contribution is 5.99. The van der Waals surface area contributed by atoms with Crippen LogP contribution >= 0.6 is 0 Å². The Bertz CT molecular complexity index is 1200. The summed E-state index contributed by atoms with van der Waals surface area (Å²) in [6.45, 7) is 4.99. The Morgan fingerprint density at radius 1 is 0.667 bits per heavy atom. The smallest absolute Gasteiger partial charge is 0.337 e. The molecule has 3 rings (SSSR count). The number of hydrazine groups is 2. The van der Waals surface area contributed by atoms with Crippen LogP contribution in [0.25, 0.3) is 0 Å². The second-order valence-corrected chi connectivity index (χ2v) is 6.88. The monoisotopic (exact) mass is 454 g/mol. The Labute approximate surface area is 188 Å². The van der Waals surface area contributed by atoms with Gasteiger partial charge in [0, 0.05) is 11.4 Å². The standard InChI is InChI=1S/C21H22N6O6/c1-11-4-5-14(22-20(30)26-24-18(28)15-6-8-32-12(15)2)10-17(11)23-21(31)27-25-19(29)16-7-9-33-13(16)3/h4-10H,1-3H3,(H,24,28)(H,25,29)(H2,22,26,30)(H2,23,27,31). The molecule has 6 N–H and O–H groups in total. The zero-order chi connectivity index (χ0) is 24.0. The second kappa shape index (κ2) is 10.0. The molecule has 0 fully saturated rings. The third kappa shape index (κ3) is 5.91. The summed E-state index contributed by atoms with van der Waals surface area (Å²) in [7, 11) is 0. The maximum Gasteiger partial charge on any atom is 0.337 e. The first kappa shape index (κ1) is 22.9. The Morgan fingerprint density at radius 2 is 1.18 bits per heavy atom. The number of carbonyl (C=O) groups excluding carboxylic acids is 4. The largest absolute Gasteiger partial charge is 0.469 e. The van der Waals surface area contributed by atoms with E-state index in [4.69, 9.17) is 8.83 Å². The molecule has 12 heteroatoms. The number of hydrogen-bond donors (Lipinski definition) is 6. The maximum absolute atomic E-state index is 12.2. The van der Waals surface area contributed by atoms with Gasteiger partial charge in [-0.2, -0.15) is 0 Å². The van der Waals surface area contributed by atoms with Gasteiger partial charge in [-0.1, -0.05) is 6.07 Å². The summed E-state index contributed by atoms with van der Waals surface area (Å²) in [6, 6.07) is 6.36. The van der Waals surface area contributed by atoms with Crippen LogP contribution in [0.15, 0.2) is 51.7 Å². The number of anilines is 2. The molecule has 12 nitrogen and oxygen atoms in total. The zero-order valence-corrected chi connectivity index (χ0v) is 18.0. The number of urea groups is 2. The lowest BCUT2D eigenvalue weighted by molar-refractivity contribution is 0.0929. The van der Waals surface area contributed by atoms with E-state index in [1.54, 1.807) is 32.9 Å². The van der Waals surface area contributed by atoms with E-state index < -0.39 is 23.9 Å². The van der Waals surface area contributed by atoms with Gasteiger partial charge in [-0.25, -0.2) is 20.4 Å². The highest BCUT2D eigenvalue weighted by atomic mass is 16.3. The molecule has 0 unspecified atom stereocenters. The summed E-state index contributed by atoms with van der Waals surface area (Å²) in [6.07, 6.45) is 2.73. The summed E-state index contributed by atoms with van der Waals surface area (Å²) in [5, 5.41) is 5.11. The van der Waals surface area contributed by atoms with Gasteiger partial charge >= 0.3 is 12.1 Å². The van der Waals surface area contributed by atoms with Gasteiger partial charge in [0.05, 0.1) is 23.7 Å². The van der Waals surface area contributed by atoms with E-state index in [0.717, 1.165) is 0 Å². The minimum Gasteiger partial charge on any atom is -0.469 e. The first-order valence-electron chi connectivity index (χ1n) is 9.68. The molecule has 2 heterocycles. The van der Waals surface area contributed by atoms with Crippen LogP contribution in [0.3, 0.4) is 0 Å². The average molecular weight is 454 g/mol. The summed E-state index contributed by atoms with van der Waals surface area (Å²) >= 11 is 0. The summed E-state index contributed by atoms with van der Waals surface area (Å²) < 4.78 is 10.1. The van der Waals surface area contributed by atoms with Gasteiger partial charge in [-0.05, 0) is 50.6 Å². The maximum atomic E-state index is 12.2. The molecule has 1 aromatic carbocycles. The van der Waals surface area contributed by atoms with Gasteiger partial charge in [0.15, 0.2) is 0 Å². The molecule has 0 saturated heterocycles. The third-order valence-corrected chi connectivity index (χ3v) is 4.53. The van der Waals surface area contributed by atoms with Gasteiger partial charge in [0.2, 0.25) is 0 Å². The van der Waals surface area contributed by atoms with Crippen molar-refractivity contribution < 1.29 is 28.0 Å². The van der Waals surface area contributed by atoms with Gasteiger partial charge in [0.1, 0.15) is 11.5 Å². The topological polar surface area (TPSA) is 167 Å². The first-order chi connectivity index (χ1) is 15.7. The van der Waals surface area contributed by atoms with E-state index in [2.05, 4.69) is 32.3 Å². The number of hydrogen-bond acceptors (Lipinski definition) is 6. The number of nitrogens with one attached hydrogen (secondary N) is 6. The molecule has 0 bridgehead atoms. The molecule has 0 atom stereocenters. The van der Waals surface area contributed by atoms with E-state index in [-0.39, 0.29) is 5.56 Å². The van der Waals surface area contributed by atoms with Crippen LogP contribution in [-0.2, 0) is 0 Å². The van der Waals surface area contributed by atoms with E-state index in [1.165, 1.54) is 30.7 Å². The fraction of sp³-hybridized carbons (Fsp3) is 0.143. The Hall–Kier alpha value is -4.74. The number of carbonyl (C=O) groups is 4. The number of furan rings is 2. The van der Waals surface area contributed by atoms with E-state index in [1.807, 2.05) is 0 Å². The molecule has 2 aromatic heterocycles. The van der Waals surface area contributed by atoms with Crippen molar-refractivity contribution >= 4 is 35.3 Å². The van der Waals surface area contributed by atoms with E-state index in [9.17, 15) is 19.2 Å². The average Bonchev–Trinajstić information content (AvgIpc) is 3.40. The van der Waals surface area contributed by atoms with Gasteiger partial charge in [0.25, 0.3) is 11.8 Å². The van der Waals surface area contributed by atoms with Crippen molar-refractivity contribution in [2.45, 2.75) is 20.8 Å². The molecular formula is C21H22N6O6. The van der Waals surface area contributed by atoms with Crippen molar-refractivity contribution in [3.05, 3.63) is 71.1 Å². The number of benzene rings is 1. The molecular weight excluding hydrogens is 432 g/mol. The molecule has 0 aliphatic carbocycles. The molecule has 0 saturated carbocycles. The summed E-state index contributed by atoms with van der Waals surface area (Å²) in [5.41, 5.74) is 11.0. The lowest BCUT2D eigenvalue weighted by Gasteiger charge is -2.13. The van der Waals surface area contributed by atoms with Crippen LogP contribution < -0.4 is 32.3 Å². The minimum atomic E-state index is -0.702. The van der Waals surface area contributed by atoms with Crippen LogP contribution in [0.1, 0.15) is 37.8 Å². The predicted octanol–water partition coefficient (Wildman–Crippen LogP) is 2.73. The molecule has 3 aromatic rings. The number of rotatable bonds is 4. The lowest BCUT2D eigenvalue weighted by atomic mass is 10.2. The Kier molecular flexibility index (Phi) is 6.98. The van der Waals surface area contributed by atoms with Crippen molar-refractivity contribution in [2.24, 2.45) is 0 Å². The van der Waals surface area contributed by atoms with Crippen molar-refractivity contribution in [3.63, 3.8) is 0 Å². The molecule has 0 radical (unpaired) electrons. The molecule has 0 aliphatic rings. The van der Waals surface area contributed by atoms with Crippen LogP contribution in [0, 0.1) is 20.8 Å². The Morgan fingerprint density at radius 3 is 1.67 bits per heavy atom. The minimum absolute atomic E-state index is 0.290. The fourth-order valence-electron chi connectivity index (χ4n) is 2.75. The van der Waals surface area contributed by atoms with Crippen LogP contribution in [0.5, 0.6) is 0 Å². The van der Waals surface area contributed by atoms with E-state index in [0.29, 0.717) is 34.0 Å². The van der Waals surface area contributed by atoms with Crippen molar-refractivity contribution in [3.8, 4) is 0 Å². The van der Waals surface area contributed by atoms with Crippen molar-refractivity contribution in [2.75, 3.05) is 10.6 Å². The van der Waals surface area contributed by atoms with Gasteiger partial charge in [-0.3, -0.25) is 20.4 Å². The van der Waals surface area contributed by atoms with E-state index >= 15 is 0 Å². The summed E-state index contributed by atoms with van der Waals surface area (Å²) in [5.74, 6) is -0.239. The molecule has 0 aliphatic heterocycles. The summed E-state index contributed by atoms with van der Waals surface area (Å²) in [4.78, 5) is 48.3. The van der Waals surface area contributed by atoms with Gasteiger partial charge < -0.3 is 19.5 Å². The first-order valence-corrected chi connectivity index (χ1v) is 9.68. The van der Waals surface area contributed by atoms with Crippen molar-refractivity contribution in [1.29, 1.82) is 0 Å². The molecule has 172 valence electrons. The number of amides is 6.